The lowest BCUT2D eigenvalue weighted by atomic mass is 10.2. The van der Waals surface area contributed by atoms with E-state index in [9.17, 15) is 4.79 Å². The van der Waals surface area contributed by atoms with E-state index < -0.39 is 0 Å². The molecule has 0 atom stereocenters. The van der Waals surface area contributed by atoms with E-state index in [-0.39, 0.29) is 5.91 Å². The number of benzene rings is 2. The Kier molecular flexibility index (Phi) is 6.67. The molecule has 0 heterocycles. The normalized spacial score (nSPS) is 10.4. The standard InChI is InChI=1S/C17H14ClN3OS/c18-15-5-7-16(8-6-15)23-10-9-17(22)21-20-12-14-3-1-13(11-19)2-4-14/h1-8,12H,9-10H2,(H,21,22)/b20-12-. The lowest BCUT2D eigenvalue weighted by Crippen LogP contribution is -2.17. The molecule has 0 bridgehead atoms. The molecular weight excluding hydrogens is 330 g/mol. The van der Waals surface area contributed by atoms with Gasteiger partial charge in [0.05, 0.1) is 17.8 Å². The van der Waals surface area contributed by atoms with Crippen molar-refractivity contribution in [2.45, 2.75) is 11.3 Å². The quantitative estimate of drug-likeness (QED) is 0.492. The predicted molar refractivity (Wildman–Crippen MR) is 93.7 cm³/mol. The molecule has 0 saturated heterocycles. The maximum absolute atomic E-state index is 11.7. The van der Waals surface area contributed by atoms with Crippen molar-refractivity contribution in [2.24, 2.45) is 5.10 Å². The Morgan fingerprint density at radius 2 is 1.91 bits per heavy atom. The van der Waals surface area contributed by atoms with Crippen molar-refractivity contribution in [1.82, 2.24) is 5.43 Å². The average molecular weight is 344 g/mol. The third-order valence-corrected chi connectivity index (χ3v) is 4.12. The van der Waals surface area contributed by atoms with E-state index in [0.717, 1.165) is 10.5 Å². The lowest BCUT2D eigenvalue weighted by Gasteiger charge is -2.01. The highest BCUT2D eigenvalue weighted by molar-refractivity contribution is 7.99. The van der Waals surface area contributed by atoms with Crippen LogP contribution in [0.4, 0.5) is 0 Å². The molecule has 0 spiro atoms. The van der Waals surface area contributed by atoms with Crippen LogP contribution in [0.2, 0.25) is 5.02 Å². The zero-order valence-electron chi connectivity index (χ0n) is 12.2. The van der Waals surface area contributed by atoms with Gasteiger partial charge in [0.25, 0.3) is 0 Å². The first-order valence-corrected chi connectivity index (χ1v) is 8.24. The van der Waals surface area contributed by atoms with Gasteiger partial charge in [0.2, 0.25) is 5.91 Å². The first kappa shape index (κ1) is 17.1. The number of rotatable bonds is 6. The number of hydrogen-bond donors (Lipinski definition) is 1. The SMILES string of the molecule is N#Cc1ccc(/C=N\NC(=O)CCSc2ccc(Cl)cc2)cc1. The third-order valence-electron chi connectivity index (χ3n) is 2.85. The Hall–Kier alpha value is -2.29. The molecule has 0 radical (unpaired) electrons. The predicted octanol–water partition coefficient (Wildman–Crippen LogP) is 3.84. The summed E-state index contributed by atoms with van der Waals surface area (Å²) >= 11 is 7.41. The summed E-state index contributed by atoms with van der Waals surface area (Å²) in [5.41, 5.74) is 3.89. The van der Waals surface area contributed by atoms with Gasteiger partial charge in [-0.2, -0.15) is 10.4 Å². The van der Waals surface area contributed by atoms with Gasteiger partial charge in [0, 0.05) is 22.1 Å². The zero-order valence-corrected chi connectivity index (χ0v) is 13.8. The Morgan fingerprint density at radius 3 is 2.57 bits per heavy atom. The maximum Gasteiger partial charge on any atom is 0.240 e. The van der Waals surface area contributed by atoms with Crippen molar-refractivity contribution in [3.8, 4) is 6.07 Å². The molecule has 116 valence electrons. The monoisotopic (exact) mass is 343 g/mol. The number of halogens is 1. The highest BCUT2D eigenvalue weighted by Crippen LogP contribution is 2.20. The third kappa shape index (κ3) is 6.15. The molecule has 23 heavy (non-hydrogen) atoms. The Bertz CT molecular complexity index is 721. The summed E-state index contributed by atoms with van der Waals surface area (Å²) in [5.74, 6) is 0.524. The molecule has 2 aromatic rings. The Balaban J connectivity index is 1.71. The van der Waals surface area contributed by atoms with Crippen LogP contribution in [0.5, 0.6) is 0 Å². The number of carbonyl (C=O) groups excluding carboxylic acids is 1. The average Bonchev–Trinajstić information content (AvgIpc) is 2.57. The zero-order chi connectivity index (χ0) is 16.5. The molecule has 0 saturated carbocycles. The number of thioether (sulfide) groups is 1. The van der Waals surface area contributed by atoms with E-state index in [1.54, 1.807) is 42.2 Å². The number of carbonyl (C=O) groups is 1. The second-order valence-electron chi connectivity index (χ2n) is 4.58. The Labute approximate surface area is 144 Å². The van der Waals surface area contributed by atoms with Crippen LogP contribution in [-0.4, -0.2) is 17.9 Å². The summed E-state index contributed by atoms with van der Waals surface area (Å²) < 4.78 is 0. The van der Waals surface area contributed by atoms with E-state index in [2.05, 4.69) is 10.5 Å². The maximum atomic E-state index is 11.7. The van der Waals surface area contributed by atoms with E-state index in [1.807, 2.05) is 30.3 Å². The van der Waals surface area contributed by atoms with Gasteiger partial charge in [-0.05, 0) is 42.0 Å². The molecule has 2 aromatic carbocycles. The molecule has 1 amide bonds. The summed E-state index contributed by atoms with van der Waals surface area (Å²) in [5, 5.41) is 13.3. The summed E-state index contributed by atoms with van der Waals surface area (Å²) in [4.78, 5) is 12.7. The summed E-state index contributed by atoms with van der Waals surface area (Å²) in [6.07, 6.45) is 1.92. The van der Waals surface area contributed by atoms with Crippen LogP contribution < -0.4 is 5.43 Å². The first-order chi connectivity index (χ1) is 11.2. The fraction of sp³-hybridized carbons (Fsp3) is 0.118. The van der Waals surface area contributed by atoms with Crippen LogP contribution in [0.25, 0.3) is 0 Å². The number of nitrogens with one attached hydrogen (secondary N) is 1. The highest BCUT2D eigenvalue weighted by atomic mass is 35.5. The highest BCUT2D eigenvalue weighted by Gasteiger charge is 2.01. The van der Waals surface area contributed by atoms with Crippen molar-refractivity contribution >= 4 is 35.5 Å². The first-order valence-electron chi connectivity index (χ1n) is 6.88. The van der Waals surface area contributed by atoms with Crippen molar-refractivity contribution in [3.05, 3.63) is 64.7 Å². The lowest BCUT2D eigenvalue weighted by molar-refractivity contribution is -0.120. The smallest absolute Gasteiger partial charge is 0.240 e. The topological polar surface area (TPSA) is 65.2 Å². The molecule has 0 unspecified atom stereocenters. The minimum absolute atomic E-state index is 0.142. The largest absolute Gasteiger partial charge is 0.273 e. The van der Waals surface area contributed by atoms with Crippen molar-refractivity contribution in [1.29, 1.82) is 5.26 Å². The molecule has 0 aliphatic heterocycles. The fourth-order valence-corrected chi connectivity index (χ4v) is 2.65. The summed E-state index contributed by atoms with van der Waals surface area (Å²) in [6, 6.07) is 16.5. The molecule has 2 rings (SSSR count). The van der Waals surface area contributed by atoms with Gasteiger partial charge >= 0.3 is 0 Å². The van der Waals surface area contributed by atoms with E-state index in [4.69, 9.17) is 16.9 Å². The van der Waals surface area contributed by atoms with Gasteiger partial charge in [-0.15, -0.1) is 11.8 Å². The molecule has 6 heteroatoms. The van der Waals surface area contributed by atoms with E-state index in [0.29, 0.717) is 22.8 Å². The van der Waals surface area contributed by atoms with Crippen LogP contribution in [-0.2, 0) is 4.79 Å². The molecule has 0 aliphatic carbocycles. The fourth-order valence-electron chi connectivity index (χ4n) is 1.67. The van der Waals surface area contributed by atoms with Crippen LogP contribution in [0, 0.1) is 11.3 Å². The number of hydrogen-bond acceptors (Lipinski definition) is 4. The van der Waals surface area contributed by atoms with E-state index >= 15 is 0 Å². The van der Waals surface area contributed by atoms with Crippen LogP contribution in [0.3, 0.4) is 0 Å². The van der Waals surface area contributed by atoms with Crippen molar-refractivity contribution in [2.75, 3.05) is 5.75 Å². The molecule has 0 fully saturated rings. The van der Waals surface area contributed by atoms with Gasteiger partial charge in [-0.25, -0.2) is 5.43 Å². The Morgan fingerprint density at radius 1 is 1.22 bits per heavy atom. The van der Waals surface area contributed by atoms with E-state index in [1.165, 1.54) is 0 Å². The number of nitrogens with zero attached hydrogens (tertiary/aromatic N) is 2. The number of nitriles is 1. The molecule has 1 N–H and O–H groups in total. The molecule has 0 aliphatic rings. The van der Waals surface area contributed by atoms with Gasteiger partial charge in [0.15, 0.2) is 0 Å². The van der Waals surface area contributed by atoms with Crippen molar-refractivity contribution < 1.29 is 4.79 Å². The summed E-state index contributed by atoms with van der Waals surface area (Å²) in [7, 11) is 0. The van der Waals surface area contributed by atoms with Crippen LogP contribution in [0.1, 0.15) is 17.5 Å². The minimum Gasteiger partial charge on any atom is -0.273 e. The molecule has 0 aromatic heterocycles. The van der Waals surface area contributed by atoms with Crippen LogP contribution in [0.15, 0.2) is 58.5 Å². The molecule has 4 nitrogen and oxygen atoms in total. The minimum atomic E-state index is -0.142. The van der Waals surface area contributed by atoms with Crippen LogP contribution >= 0.6 is 23.4 Å². The summed E-state index contributed by atoms with van der Waals surface area (Å²) in [6.45, 7) is 0. The van der Waals surface area contributed by atoms with Gasteiger partial charge in [0.1, 0.15) is 0 Å². The second kappa shape index (κ2) is 8.99. The number of amides is 1. The van der Waals surface area contributed by atoms with Gasteiger partial charge in [-0.3, -0.25) is 4.79 Å². The second-order valence-corrected chi connectivity index (χ2v) is 6.18. The van der Waals surface area contributed by atoms with Crippen molar-refractivity contribution in [3.63, 3.8) is 0 Å². The number of hydrazone groups is 1. The van der Waals surface area contributed by atoms with Gasteiger partial charge in [-0.1, -0.05) is 23.7 Å². The molecular formula is C17H14ClN3OS. The van der Waals surface area contributed by atoms with Gasteiger partial charge < -0.3 is 0 Å².